The number of thioether (sulfide) groups is 1. The summed E-state index contributed by atoms with van der Waals surface area (Å²) in [6.45, 7) is 3.17. The SMILES string of the molecule is CCc1ccccc1-n1cnnc1SCC(=O)Nc1nc2cc3c(cc2s1)OCCO3. The predicted molar refractivity (Wildman–Crippen MR) is 121 cm³/mol. The van der Waals surface area contributed by atoms with Crippen LogP contribution in [0.2, 0.25) is 0 Å². The highest BCUT2D eigenvalue weighted by Gasteiger charge is 2.17. The number of carbonyl (C=O) groups is 1. The van der Waals surface area contributed by atoms with Crippen LogP contribution in [0.3, 0.4) is 0 Å². The van der Waals surface area contributed by atoms with Crippen molar-refractivity contribution in [2.45, 2.75) is 18.5 Å². The summed E-state index contributed by atoms with van der Waals surface area (Å²) in [5.41, 5.74) is 2.99. The van der Waals surface area contributed by atoms with Crippen molar-refractivity contribution in [2.24, 2.45) is 0 Å². The minimum atomic E-state index is -0.153. The van der Waals surface area contributed by atoms with Crippen LogP contribution in [0.15, 0.2) is 47.9 Å². The van der Waals surface area contributed by atoms with E-state index in [0.717, 1.165) is 22.3 Å². The van der Waals surface area contributed by atoms with Crippen molar-refractivity contribution in [1.29, 1.82) is 0 Å². The van der Waals surface area contributed by atoms with Crippen LogP contribution in [0.5, 0.6) is 11.5 Å². The number of aromatic nitrogens is 4. The van der Waals surface area contributed by atoms with Gasteiger partial charge in [0.2, 0.25) is 5.91 Å². The van der Waals surface area contributed by atoms with Gasteiger partial charge in [-0.05, 0) is 18.1 Å². The second-order valence-corrected chi connectivity index (χ2v) is 8.76. The fourth-order valence-electron chi connectivity index (χ4n) is 3.34. The van der Waals surface area contributed by atoms with E-state index in [1.54, 1.807) is 6.33 Å². The van der Waals surface area contributed by atoms with Crippen molar-refractivity contribution < 1.29 is 14.3 Å². The van der Waals surface area contributed by atoms with Gasteiger partial charge in [0, 0.05) is 12.1 Å². The van der Waals surface area contributed by atoms with Gasteiger partial charge in [-0.2, -0.15) is 0 Å². The second kappa shape index (κ2) is 8.56. The summed E-state index contributed by atoms with van der Waals surface area (Å²) in [6, 6.07) is 11.9. The standard InChI is InChI=1S/C21H19N5O3S2/c1-2-13-5-3-4-6-15(13)26-12-22-25-21(26)30-11-19(27)24-20-23-14-9-16-17(10-18(14)31-20)29-8-7-28-16/h3-6,9-10,12H,2,7-8,11H2,1H3,(H,23,24,27). The summed E-state index contributed by atoms with van der Waals surface area (Å²) in [6.07, 6.45) is 2.57. The van der Waals surface area contributed by atoms with Crippen molar-refractivity contribution in [3.05, 3.63) is 48.3 Å². The number of hydrogen-bond acceptors (Lipinski definition) is 8. The minimum absolute atomic E-state index is 0.153. The molecule has 2 aromatic heterocycles. The average molecular weight is 454 g/mol. The lowest BCUT2D eigenvalue weighted by molar-refractivity contribution is -0.113. The average Bonchev–Trinajstić information content (AvgIpc) is 3.41. The van der Waals surface area contributed by atoms with Crippen LogP contribution in [-0.4, -0.2) is 44.6 Å². The summed E-state index contributed by atoms with van der Waals surface area (Å²) < 4.78 is 14.1. The molecule has 10 heteroatoms. The van der Waals surface area contributed by atoms with Gasteiger partial charge in [-0.15, -0.1) is 10.2 Å². The summed E-state index contributed by atoms with van der Waals surface area (Å²) in [4.78, 5) is 17.0. The van der Waals surface area contributed by atoms with Gasteiger partial charge in [0.05, 0.1) is 21.7 Å². The molecule has 3 heterocycles. The molecule has 0 atom stereocenters. The molecule has 31 heavy (non-hydrogen) atoms. The summed E-state index contributed by atoms with van der Waals surface area (Å²) in [7, 11) is 0. The quantitative estimate of drug-likeness (QED) is 0.442. The number of aryl methyl sites for hydroxylation is 1. The number of rotatable bonds is 6. The van der Waals surface area contributed by atoms with Crippen LogP contribution in [0.1, 0.15) is 12.5 Å². The maximum Gasteiger partial charge on any atom is 0.236 e. The summed E-state index contributed by atoms with van der Waals surface area (Å²) in [5.74, 6) is 1.44. The van der Waals surface area contributed by atoms with Gasteiger partial charge in [0.15, 0.2) is 21.8 Å². The highest BCUT2D eigenvalue weighted by Crippen LogP contribution is 2.37. The first-order valence-electron chi connectivity index (χ1n) is 9.82. The Hall–Kier alpha value is -3.11. The number of hydrogen-bond donors (Lipinski definition) is 1. The largest absolute Gasteiger partial charge is 0.486 e. The minimum Gasteiger partial charge on any atom is -0.486 e. The third-order valence-electron chi connectivity index (χ3n) is 4.78. The molecule has 0 spiro atoms. The number of carbonyl (C=O) groups excluding carboxylic acids is 1. The van der Waals surface area contributed by atoms with E-state index in [0.29, 0.717) is 35.0 Å². The molecule has 158 valence electrons. The van der Waals surface area contributed by atoms with Crippen LogP contribution in [0, 0.1) is 0 Å². The summed E-state index contributed by atoms with van der Waals surface area (Å²) in [5, 5.41) is 12.3. The number of ether oxygens (including phenoxy) is 2. The maximum atomic E-state index is 12.5. The fourth-order valence-corrected chi connectivity index (χ4v) is 4.95. The highest BCUT2D eigenvalue weighted by atomic mass is 32.2. The van der Waals surface area contributed by atoms with E-state index >= 15 is 0 Å². The monoisotopic (exact) mass is 453 g/mol. The smallest absolute Gasteiger partial charge is 0.236 e. The molecule has 2 aromatic carbocycles. The van der Waals surface area contributed by atoms with Gasteiger partial charge < -0.3 is 14.8 Å². The van der Waals surface area contributed by atoms with Gasteiger partial charge >= 0.3 is 0 Å². The molecule has 0 aliphatic carbocycles. The molecular weight excluding hydrogens is 434 g/mol. The van der Waals surface area contributed by atoms with Crippen molar-refractivity contribution in [3.63, 3.8) is 0 Å². The van der Waals surface area contributed by atoms with Gasteiger partial charge in [-0.1, -0.05) is 48.2 Å². The Bertz CT molecular complexity index is 1210. The van der Waals surface area contributed by atoms with Crippen LogP contribution < -0.4 is 14.8 Å². The number of fused-ring (bicyclic) bond motifs is 2. The molecule has 0 radical (unpaired) electrons. The van der Waals surface area contributed by atoms with Crippen LogP contribution >= 0.6 is 23.1 Å². The van der Waals surface area contributed by atoms with Crippen molar-refractivity contribution in [2.75, 3.05) is 24.3 Å². The van der Waals surface area contributed by atoms with Crippen molar-refractivity contribution in [3.8, 4) is 17.2 Å². The van der Waals surface area contributed by atoms with Gasteiger partial charge in [0.1, 0.15) is 19.5 Å². The molecule has 1 aliphatic rings. The van der Waals surface area contributed by atoms with Crippen LogP contribution in [-0.2, 0) is 11.2 Å². The van der Waals surface area contributed by atoms with Gasteiger partial charge in [-0.25, -0.2) is 4.98 Å². The second-order valence-electron chi connectivity index (χ2n) is 6.79. The number of amides is 1. The molecule has 8 nitrogen and oxygen atoms in total. The number of anilines is 1. The molecule has 0 saturated carbocycles. The third-order valence-corrected chi connectivity index (χ3v) is 6.66. The zero-order valence-electron chi connectivity index (χ0n) is 16.7. The number of nitrogens with one attached hydrogen (secondary N) is 1. The highest BCUT2D eigenvalue weighted by molar-refractivity contribution is 7.99. The van der Waals surface area contributed by atoms with Gasteiger partial charge in [-0.3, -0.25) is 9.36 Å². The summed E-state index contributed by atoms with van der Waals surface area (Å²) >= 11 is 2.74. The molecule has 1 N–H and O–H groups in total. The van der Waals surface area contributed by atoms with Crippen molar-refractivity contribution in [1.82, 2.24) is 19.7 Å². The number of nitrogens with zero attached hydrogens (tertiary/aromatic N) is 4. The Kier molecular flexibility index (Phi) is 5.47. The topological polar surface area (TPSA) is 91.2 Å². The Morgan fingerprint density at radius 2 is 2.03 bits per heavy atom. The van der Waals surface area contributed by atoms with E-state index in [4.69, 9.17) is 9.47 Å². The van der Waals surface area contributed by atoms with E-state index in [1.807, 2.05) is 34.9 Å². The zero-order chi connectivity index (χ0) is 21.2. The van der Waals surface area contributed by atoms with E-state index in [-0.39, 0.29) is 11.7 Å². The Labute approximate surface area is 186 Å². The molecular formula is C21H19N5O3S2. The normalized spacial score (nSPS) is 12.8. The third kappa shape index (κ3) is 4.08. The lowest BCUT2D eigenvalue weighted by Crippen LogP contribution is -2.15. The molecule has 0 bridgehead atoms. The Morgan fingerprint density at radius 1 is 1.23 bits per heavy atom. The van der Waals surface area contributed by atoms with Gasteiger partial charge in [0.25, 0.3) is 0 Å². The van der Waals surface area contributed by atoms with E-state index in [2.05, 4.69) is 33.5 Å². The molecule has 4 aromatic rings. The van der Waals surface area contributed by atoms with Crippen molar-refractivity contribution >= 4 is 44.4 Å². The molecule has 0 unspecified atom stereocenters. The number of benzene rings is 2. The maximum absolute atomic E-state index is 12.5. The number of para-hydroxylation sites is 1. The lowest BCUT2D eigenvalue weighted by Gasteiger charge is -2.17. The zero-order valence-corrected chi connectivity index (χ0v) is 18.3. The van der Waals surface area contributed by atoms with Crippen LogP contribution in [0.25, 0.3) is 15.9 Å². The predicted octanol–water partition coefficient (Wildman–Crippen LogP) is 3.94. The van der Waals surface area contributed by atoms with E-state index in [9.17, 15) is 4.79 Å². The molecule has 0 fully saturated rings. The first kappa shape index (κ1) is 19.8. The number of thiazole rings is 1. The lowest BCUT2D eigenvalue weighted by atomic mass is 10.1. The molecule has 5 rings (SSSR count). The fraction of sp³-hybridized carbons (Fsp3) is 0.238. The van der Waals surface area contributed by atoms with E-state index < -0.39 is 0 Å². The Balaban J connectivity index is 1.27. The Morgan fingerprint density at radius 3 is 2.87 bits per heavy atom. The first-order valence-corrected chi connectivity index (χ1v) is 11.6. The molecule has 1 aliphatic heterocycles. The van der Waals surface area contributed by atoms with E-state index in [1.165, 1.54) is 28.7 Å². The molecule has 1 amide bonds. The van der Waals surface area contributed by atoms with Crippen LogP contribution in [0.4, 0.5) is 5.13 Å². The first-order chi connectivity index (χ1) is 15.2. The molecule has 0 saturated heterocycles.